The molecular weight excluding hydrogens is 282 g/mol. The van der Waals surface area contributed by atoms with E-state index in [0.717, 1.165) is 22.1 Å². The number of hydrogen-bond donors (Lipinski definition) is 0. The second-order valence-electron chi connectivity index (χ2n) is 4.65. The fourth-order valence-corrected chi connectivity index (χ4v) is 2.34. The Morgan fingerprint density at radius 2 is 1.81 bits per heavy atom. The van der Waals surface area contributed by atoms with Crippen LogP contribution in [-0.2, 0) is 6.61 Å². The van der Waals surface area contributed by atoms with Gasteiger partial charge in [0.25, 0.3) is 0 Å². The van der Waals surface area contributed by atoms with Crippen molar-refractivity contribution in [1.82, 2.24) is 4.98 Å². The highest BCUT2D eigenvalue weighted by Gasteiger charge is 2.01. The van der Waals surface area contributed by atoms with Gasteiger partial charge < -0.3 is 9.47 Å². The number of thiazole rings is 1. The number of aromatic nitrogens is 1. The summed E-state index contributed by atoms with van der Waals surface area (Å²) in [6.45, 7) is 2.58. The standard InChI is InChI=1S/C17H15NO2S/c1-13-5-7-14(8-6-13)20-16-4-2-3-15(9-16)19-11-17-10-18-12-21-17/h2-10,12H,11H2,1H3. The quantitative estimate of drug-likeness (QED) is 0.676. The fourth-order valence-electron chi connectivity index (χ4n) is 1.84. The highest BCUT2D eigenvalue weighted by Crippen LogP contribution is 2.26. The molecule has 0 saturated carbocycles. The van der Waals surface area contributed by atoms with Crippen LogP contribution in [0.2, 0.25) is 0 Å². The molecule has 0 spiro atoms. The van der Waals surface area contributed by atoms with Crippen LogP contribution in [0.25, 0.3) is 0 Å². The highest BCUT2D eigenvalue weighted by molar-refractivity contribution is 7.09. The van der Waals surface area contributed by atoms with Crippen LogP contribution in [-0.4, -0.2) is 4.98 Å². The summed E-state index contributed by atoms with van der Waals surface area (Å²) in [5.74, 6) is 2.37. The molecule has 2 aromatic carbocycles. The second-order valence-corrected chi connectivity index (χ2v) is 5.62. The van der Waals surface area contributed by atoms with Crippen molar-refractivity contribution in [2.24, 2.45) is 0 Å². The van der Waals surface area contributed by atoms with Crippen molar-refractivity contribution in [2.45, 2.75) is 13.5 Å². The molecule has 0 atom stereocenters. The average molecular weight is 297 g/mol. The molecule has 0 aliphatic carbocycles. The predicted molar refractivity (Wildman–Crippen MR) is 84.1 cm³/mol. The zero-order valence-corrected chi connectivity index (χ0v) is 12.5. The predicted octanol–water partition coefficient (Wildman–Crippen LogP) is 4.82. The van der Waals surface area contributed by atoms with Crippen LogP contribution in [0.4, 0.5) is 0 Å². The molecule has 1 aromatic heterocycles. The molecule has 0 aliphatic heterocycles. The molecule has 21 heavy (non-hydrogen) atoms. The van der Waals surface area contributed by atoms with Gasteiger partial charge in [0.2, 0.25) is 0 Å². The molecule has 3 aromatic rings. The van der Waals surface area contributed by atoms with Crippen molar-refractivity contribution in [3.8, 4) is 17.2 Å². The zero-order chi connectivity index (χ0) is 14.5. The van der Waals surface area contributed by atoms with E-state index in [1.54, 1.807) is 16.8 Å². The molecule has 0 radical (unpaired) electrons. The topological polar surface area (TPSA) is 31.4 Å². The lowest BCUT2D eigenvalue weighted by Gasteiger charge is -2.09. The lowest BCUT2D eigenvalue weighted by Crippen LogP contribution is -1.93. The van der Waals surface area contributed by atoms with Crippen LogP contribution < -0.4 is 9.47 Å². The summed E-state index contributed by atoms with van der Waals surface area (Å²) in [6, 6.07) is 15.6. The molecule has 0 amide bonds. The molecule has 3 nitrogen and oxygen atoms in total. The summed E-state index contributed by atoms with van der Waals surface area (Å²) < 4.78 is 11.6. The van der Waals surface area contributed by atoms with Crippen molar-refractivity contribution in [3.05, 3.63) is 70.7 Å². The molecule has 0 bridgehead atoms. The third-order valence-corrected chi connectivity index (χ3v) is 3.68. The Morgan fingerprint density at radius 3 is 2.57 bits per heavy atom. The maximum atomic E-state index is 5.82. The van der Waals surface area contributed by atoms with E-state index in [9.17, 15) is 0 Å². The second kappa shape index (κ2) is 6.41. The number of hydrogen-bond acceptors (Lipinski definition) is 4. The minimum atomic E-state index is 0.526. The van der Waals surface area contributed by atoms with Crippen molar-refractivity contribution >= 4 is 11.3 Å². The third kappa shape index (κ3) is 3.83. The van der Waals surface area contributed by atoms with E-state index in [0.29, 0.717) is 6.61 Å². The summed E-state index contributed by atoms with van der Waals surface area (Å²) >= 11 is 1.58. The van der Waals surface area contributed by atoms with Gasteiger partial charge in [-0.1, -0.05) is 23.8 Å². The largest absolute Gasteiger partial charge is 0.488 e. The Morgan fingerprint density at radius 1 is 1.00 bits per heavy atom. The molecule has 4 heteroatoms. The van der Waals surface area contributed by atoms with E-state index in [2.05, 4.69) is 11.9 Å². The summed E-state index contributed by atoms with van der Waals surface area (Å²) in [4.78, 5) is 5.13. The Kier molecular flexibility index (Phi) is 4.17. The number of aryl methyl sites for hydroxylation is 1. The van der Waals surface area contributed by atoms with E-state index in [4.69, 9.17) is 9.47 Å². The Hall–Kier alpha value is -2.33. The van der Waals surface area contributed by atoms with E-state index in [1.165, 1.54) is 5.56 Å². The van der Waals surface area contributed by atoms with Gasteiger partial charge in [0.15, 0.2) is 0 Å². The monoisotopic (exact) mass is 297 g/mol. The molecule has 0 unspecified atom stereocenters. The van der Waals surface area contributed by atoms with Gasteiger partial charge in [0, 0.05) is 12.3 Å². The molecule has 0 fully saturated rings. The lowest BCUT2D eigenvalue weighted by molar-refractivity contribution is 0.308. The first-order valence-electron chi connectivity index (χ1n) is 6.64. The van der Waals surface area contributed by atoms with Crippen LogP contribution in [0.1, 0.15) is 10.4 Å². The van der Waals surface area contributed by atoms with Crippen molar-refractivity contribution < 1.29 is 9.47 Å². The van der Waals surface area contributed by atoms with Crippen LogP contribution >= 0.6 is 11.3 Å². The minimum Gasteiger partial charge on any atom is -0.488 e. The Balaban J connectivity index is 1.66. The molecule has 0 N–H and O–H groups in total. The zero-order valence-electron chi connectivity index (χ0n) is 11.7. The van der Waals surface area contributed by atoms with E-state index in [-0.39, 0.29) is 0 Å². The van der Waals surface area contributed by atoms with Crippen LogP contribution in [0.15, 0.2) is 60.2 Å². The molecule has 0 aliphatic rings. The van der Waals surface area contributed by atoms with Gasteiger partial charge in [-0.3, -0.25) is 4.98 Å². The van der Waals surface area contributed by atoms with Gasteiger partial charge in [-0.2, -0.15) is 0 Å². The molecule has 0 saturated heterocycles. The molecular formula is C17H15NO2S. The number of nitrogens with zero attached hydrogens (tertiary/aromatic N) is 1. The number of rotatable bonds is 5. The summed E-state index contributed by atoms with van der Waals surface area (Å²) in [6.07, 6.45) is 1.82. The van der Waals surface area contributed by atoms with E-state index < -0.39 is 0 Å². The first-order chi connectivity index (χ1) is 10.3. The maximum absolute atomic E-state index is 5.82. The lowest BCUT2D eigenvalue weighted by atomic mass is 10.2. The third-order valence-electron chi connectivity index (χ3n) is 2.93. The summed E-state index contributed by atoms with van der Waals surface area (Å²) in [5, 5.41) is 0. The van der Waals surface area contributed by atoms with Crippen LogP contribution in [0.3, 0.4) is 0 Å². The van der Waals surface area contributed by atoms with Crippen molar-refractivity contribution in [3.63, 3.8) is 0 Å². The van der Waals surface area contributed by atoms with Crippen molar-refractivity contribution in [1.29, 1.82) is 0 Å². The fraction of sp³-hybridized carbons (Fsp3) is 0.118. The number of benzene rings is 2. The van der Waals surface area contributed by atoms with E-state index >= 15 is 0 Å². The first-order valence-corrected chi connectivity index (χ1v) is 7.52. The summed E-state index contributed by atoms with van der Waals surface area (Å²) in [5.41, 5.74) is 3.01. The Bertz CT molecular complexity index is 693. The maximum Gasteiger partial charge on any atom is 0.131 e. The van der Waals surface area contributed by atoms with E-state index in [1.807, 2.05) is 54.7 Å². The van der Waals surface area contributed by atoms with Gasteiger partial charge in [0.1, 0.15) is 23.9 Å². The van der Waals surface area contributed by atoms with Gasteiger partial charge in [0.05, 0.1) is 10.4 Å². The first kappa shape index (κ1) is 13.6. The van der Waals surface area contributed by atoms with Gasteiger partial charge in [-0.25, -0.2) is 0 Å². The van der Waals surface area contributed by atoms with Gasteiger partial charge in [-0.15, -0.1) is 11.3 Å². The van der Waals surface area contributed by atoms with Gasteiger partial charge in [-0.05, 0) is 31.2 Å². The molecule has 106 valence electrons. The number of ether oxygens (including phenoxy) is 2. The molecule has 3 rings (SSSR count). The van der Waals surface area contributed by atoms with Crippen LogP contribution in [0, 0.1) is 6.92 Å². The van der Waals surface area contributed by atoms with Crippen LogP contribution in [0.5, 0.6) is 17.2 Å². The Labute approximate surface area is 127 Å². The summed E-state index contributed by atoms with van der Waals surface area (Å²) in [7, 11) is 0. The normalized spacial score (nSPS) is 10.3. The highest BCUT2D eigenvalue weighted by atomic mass is 32.1. The molecule has 1 heterocycles. The SMILES string of the molecule is Cc1ccc(Oc2cccc(OCc3cncs3)c2)cc1. The minimum absolute atomic E-state index is 0.526. The van der Waals surface area contributed by atoms with Crippen molar-refractivity contribution in [2.75, 3.05) is 0 Å². The smallest absolute Gasteiger partial charge is 0.131 e. The average Bonchev–Trinajstić information content (AvgIpc) is 3.01. The van der Waals surface area contributed by atoms with Gasteiger partial charge >= 0.3 is 0 Å².